The topological polar surface area (TPSA) is 83.5 Å². The first-order valence-corrected chi connectivity index (χ1v) is 10.0. The molecule has 162 valence electrons. The van der Waals surface area contributed by atoms with Gasteiger partial charge in [-0.2, -0.15) is 0 Å². The number of carbonyl (C=O) groups is 1. The van der Waals surface area contributed by atoms with E-state index in [4.69, 9.17) is 23.7 Å². The minimum atomic E-state index is -1.25. The van der Waals surface area contributed by atoms with E-state index in [0.29, 0.717) is 23.7 Å². The van der Waals surface area contributed by atoms with Crippen LogP contribution in [0.15, 0.2) is 42.7 Å². The third kappa shape index (κ3) is 2.61. The van der Waals surface area contributed by atoms with Crippen molar-refractivity contribution in [2.45, 2.75) is 44.0 Å². The number of fused-ring (bicyclic) bond motifs is 3. The van der Waals surface area contributed by atoms with Gasteiger partial charge in [0.05, 0.1) is 13.2 Å². The number of carbonyl (C=O) groups excluding carboxylic acids is 1. The van der Waals surface area contributed by atoms with Crippen molar-refractivity contribution in [3.8, 4) is 11.5 Å². The first kappa shape index (κ1) is 20.8. The molecule has 7 nitrogen and oxygen atoms in total. The molecule has 2 aliphatic carbocycles. The van der Waals surface area contributed by atoms with Crippen molar-refractivity contribution in [1.82, 2.24) is 0 Å². The Labute approximate surface area is 176 Å². The molecule has 1 N–H and O–H groups in total. The van der Waals surface area contributed by atoms with Crippen molar-refractivity contribution in [2.24, 2.45) is 11.3 Å². The van der Waals surface area contributed by atoms with Gasteiger partial charge in [-0.1, -0.05) is 19.1 Å². The molecule has 7 heteroatoms. The summed E-state index contributed by atoms with van der Waals surface area (Å²) in [5.74, 6) is 0.897. The zero-order valence-corrected chi connectivity index (χ0v) is 17.7. The van der Waals surface area contributed by atoms with Gasteiger partial charge in [0.1, 0.15) is 11.4 Å². The highest BCUT2D eigenvalue weighted by Gasteiger charge is 2.73. The quantitative estimate of drug-likeness (QED) is 0.564. The summed E-state index contributed by atoms with van der Waals surface area (Å²) in [5, 5.41) is 11.7. The van der Waals surface area contributed by atoms with Gasteiger partial charge in [0.2, 0.25) is 6.79 Å². The van der Waals surface area contributed by atoms with Gasteiger partial charge < -0.3 is 28.8 Å². The molecule has 1 fully saturated rings. The second kappa shape index (κ2) is 7.32. The molecule has 0 saturated heterocycles. The summed E-state index contributed by atoms with van der Waals surface area (Å²) in [6.45, 7) is 7.48. The van der Waals surface area contributed by atoms with Crippen molar-refractivity contribution >= 4 is 5.97 Å². The van der Waals surface area contributed by atoms with Crippen LogP contribution in [0.4, 0.5) is 0 Å². The van der Waals surface area contributed by atoms with Crippen LogP contribution in [-0.2, 0) is 19.0 Å². The highest BCUT2D eigenvalue weighted by Crippen LogP contribution is 2.65. The van der Waals surface area contributed by atoms with E-state index in [9.17, 15) is 9.90 Å². The molecule has 1 aromatic rings. The average molecular weight is 416 g/mol. The Morgan fingerprint density at radius 2 is 2.07 bits per heavy atom. The highest BCUT2D eigenvalue weighted by atomic mass is 16.7. The Morgan fingerprint density at radius 1 is 1.33 bits per heavy atom. The largest absolute Gasteiger partial charge is 0.497 e. The lowest BCUT2D eigenvalue weighted by Crippen LogP contribution is -2.60. The fourth-order valence-corrected chi connectivity index (χ4v) is 5.71. The predicted molar refractivity (Wildman–Crippen MR) is 108 cm³/mol. The first-order chi connectivity index (χ1) is 14.4. The number of aliphatic hydroxyl groups is 1. The zero-order valence-electron chi connectivity index (χ0n) is 17.7. The molecule has 1 heterocycles. The van der Waals surface area contributed by atoms with E-state index in [2.05, 4.69) is 13.5 Å². The zero-order chi connectivity index (χ0) is 21.7. The molecule has 2 bridgehead atoms. The van der Waals surface area contributed by atoms with E-state index in [1.165, 1.54) is 21.1 Å². The van der Waals surface area contributed by atoms with E-state index in [-0.39, 0.29) is 18.6 Å². The molecule has 0 spiro atoms. The van der Waals surface area contributed by atoms with Gasteiger partial charge in [-0.05, 0) is 36.1 Å². The van der Waals surface area contributed by atoms with Crippen molar-refractivity contribution in [3.63, 3.8) is 0 Å². The first-order valence-electron chi connectivity index (χ1n) is 10.0. The van der Waals surface area contributed by atoms with Gasteiger partial charge in [-0.3, -0.25) is 4.79 Å². The van der Waals surface area contributed by atoms with Crippen LogP contribution in [0.1, 0.15) is 31.7 Å². The Kier molecular flexibility index (Phi) is 5.06. The van der Waals surface area contributed by atoms with Gasteiger partial charge >= 0.3 is 5.97 Å². The number of ether oxygens (including phenoxy) is 5. The summed E-state index contributed by atoms with van der Waals surface area (Å²) < 4.78 is 28.5. The van der Waals surface area contributed by atoms with Gasteiger partial charge in [-0.15, -0.1) is 6.58 Å². The number of aliphatic hydroxyl groups excluding tert-OH is 1. The van der Waals surface area contributed by atoms with Crippen molar-refractivity contribution < 1.29 is 33.6 Å². The third-order valence-electron chi connectivity index (χ3n) is 6.98. The van der Waals surface area contributed by atoms with Crippen molar-refractivity contribution in [1.29, 1.82) is 0 Å². The number of hydrogen-bond donors (Lipinski definition) is 1. The SMILES string of the molecule is C=CCC12C=C(OC)C(OC(C)=O)C(OC)(C(c3ccc4c(c3)OCO4)C1C)C2O. The molecule has 30 heavy (non-hydrogen) atoms. The second-order valence-corrected chi connectivity index (χ2v) is 8.18. The van der Waals surface area contributed by atoms with E-state index >= 15 is 0 Å². The Morgan fingerprint density at radius 3 is 2.70 bits per heavy atom. The van der Waals surface area contributed by atoms with Crippen LogP contribution in [0.3, 0.4) is 0 Å². The molecule has 1 saturated carbocycles. The van der Waals surface area contributed by atoms with Crippen LogP contribution in [0, 0.1) is 11.3 Å². The van der Waals surface area contributed by atoms with E-state index in [1.54, 1.807) is 6.08 Å². The molecule has 3 aliphatic rings. The maximum Gasteiger partial charge on any atom is 0.303 e. The maximum atomic E-state index is 12.0. The van der Waals surface area contributed by atoms with Crippen molar-refractivity contribution in [3.05, 3.63) is 48.3 Å². The summed E-state index contributed by atoms with van der Waals surface area (Å²) >= 11 is 0. The van der Waals surface area contributed by atoms with Crippen molar-refractivity contribution in [2.75, 3.05) is 21.0 Å². The monoisotopic (exact) mass is 416 g/mol. The minimum Gasteiger partial charge on any atom is -0.497 e. The molecule has 4 rings (SSSR count). The summed E-state index contributed by atoms with van der Waals surface area (Å²) in [6, 6.07) is 5.71. The third-order valence-corrected chi connectivity index (χ3v) is 6.98. The van der Waals surface area contributed by atoms with Gasteiger partial charge in [0.15, 0.2) is 17.6 Å². The highest BCUT2D eigenvalue weighted by molar-refractivity contribution is 5.67. The molecular formula is C23H28O7. The lowest BCUT2D eigenvalue weighted by Gasteiger charge is -2.47. The molecular weight excluding hydrogens is 388 g/mol. The number of rotatable bonds is 6. The second-order valence-electron chi connectivity index (χ2n) is 8.18. The maximum absolute atomic E-state index is 12.0. The van der Waals surface area contributed by atoms with E-state index in [0.717, 1.165) is 5.56 Å². The molecule has 0 radical (unpaired) electrons. The number of esters is 1. The summed E-state index contributed by atoms with van der Waals surface area (Å²) in [6.07, 6.45) is 2.33. The summed E-state index contributed by atoms with van der Waals surface area (Å²) in [5.41, 5.74) is -1.04. The average Bonchev–Trinajstić information content (AvgIpc) is 3.23. The van der Waals surface area contributed by atoms with Gasteiger partial charge in [-0.25, -0.2) is 0 Å². The number of allylic oxidation sites excluding steroid dienone is 1. The van der Waals surface area contributed by atoms with Crippen LogP contribution in [0.25, 0.3) is 0 Å². The summed E-state index contributed by atoms with van der Waals surface area (Å²) in [7, 11) is 3.07. The standard InChI is InChI=1S/C23H28O7/c1-6-9-22-11-18(26-4)20(30-14(3)24)23(27-5,21(22)25)19(13(22)2)15-7-8-16-17(10-15)29-12-28-16/h6-8,10-11,13,19-21,25H,1,9,12H2,2-5H3. The van der Waals surface area contributed by atoms with Gasteiger partial charge in [0.25, 0.3) is 0 Å². The Hall–Kier alpha value is -2.51. The predicted octanol–water partition coefficient (Wildman–Crippen LogP) is 2.93. The van der Waals surface area contributed by atoms with E-state index in [1.807, 2.05) is 24.3 Å². The molecule has 0 amide bonds. The Balaban J connectivity index is 1.94. The minimum absolute atomic E-state index is 0.0865. The van der Waals surface area contributed by atoms with Crippen LogP contribution >= 0.6 is 0 Å². The number of benzene rings is 1. The molecule has 1 aliphatic heterocycles. The van der Waals surface area contributed by atoms with Gasteiger partial charge in [0, 0.05) is 25.4 Å². The summed E-state index contributed by atoms with van der Waals surface area (Å²) in [4.78, 5) is 12.0. The fourth-order valence-electron chi connectivity index (χ4n) is 5.71. The molecule has 0 aromatic heterocycles. The molecule has 6 unspecified atom stereocenters. The normalized spacial score (nSPS) is 36.2. The van der Waals surface area contributed by atoms with Crippen LogP contribution < -0.4 is 9.47 Å². The molecule has 6 atom stereocenters. The lowest BCUT2D eigenvalue weighted by molar-refractivity contribution is -0.199. The smallest absolute Gasteiger partial charge is 0.303 e. The number of hydrogen-bond acceptors (Lipinski definition) is 7. The van der Waals surface area contributed by atoms with Crippen LogP contribution in [-0.4, -0.2) is 49.9 Å². The van der Waals surface area contributed by atoms with Crippen LogP contribution in [0.2, 0.25) is 0 Å². The fraction of sp³-hybridized carbons (Fsp3) is 0.522. The number of methoxy groups -OCH3 is 2. The molecule has 1 aromatic carbocycles. The Bertz CT molecular complexity index is 894. The van der Waals surface area contributed by atoms with E-state index < -0.39 is 29.2 Å². The van der Waals surface area contributed by atoms with Crippen LogP contribution in [0.5, 0.6) is 11.5 Å². The lowest BCUT2D eigenvalue weighted by atomic mass is 9.69.